The van der Waals surface area contributed by atoms with Crippen LogP contribution in [0.4, 0.5) is 13.2 Å². The maximum atomic E-state index is 12.2. The normalized spacial score (nSPS) is 11.2. The van der Waals surface area contributed by atoms with E-state index in [1.165, 1.54) is 23.0 Å². The van der Waals surface area contributed by atoms with Crippen LogP contribution in [0.15, 0.2) is 60.8 Å². The number of hydrogen-bond donors (Lipinski definition) is 0. The molecule has 0 aliphatic carbocycles. The van der Waals surface area contributed by atoms with Crippen molar-refractivity contribution < 1.29 is 27.4 Å². The highest BCUT2D eigenvalue weighted by Gasteiger charge is 2.31. The van der Waals surface area contributed by atoms with E-state index in [1.807, 2.05) is 30.3 Å². The van der Waals surface area contributed by atoms with Crippen LogP contribution in [-0.4, -0.2) is 22.4 Å². The van der Waals surface area contributed by atoms with Crippen LogP contribution in [0.1, 0.15) is 15.9 Å². The fraction of sp³-hybridized carbons (Fsp3) is 0.111. The molecule has 0 amide bonds. The van der Waals surface area contributed by atoms with E-state index in [0.29, 0.717) is 12.0 Å². The van der Waals surface area contributed by atoms with E-state index in [9.17, 15) is 18.0 Å². The van der Waals surface area contributed by atoms with Crippen molar-refractivity contribution in [3.8, 4) is 17.3 Å². The fourth-order valence-electron chi connectivity index (χ4n) is 2.22. The molecule has 0 saturated heterocycles. The van der Waals surface area contributed by atoms with Crippen LogP contribution in [-0.2, 0) is 6.61 Å². The largest absolute Gasteiger partial charge is 0.573 e. The smallest absolute Gasteiger partial charge is 0.471 e. The molecule has 3 rings (SSSR count). The van der Waals surface area contributed by atoms with Crippen LogP contribution < -0.4 is 9.47 Å². The van der Waals surface area contributed by atoms with Gasteiger partial charge in [-0.1, -0.05) is 30.3 Å². The molecule has 1 aromatic heterocycles. The van der Waals surface area contributed by atoms with Gasteiger partial charge >= 0.3 is 6.36 Å². The van der Waals surface area contributed by atoms with Crippen LogP contribution in [0, 0.1) is 0 Å². The molecule has 0 bridgehead atoms. The number of alkyl halides is 3. The SMILES string of the molecule is O=Cc1cn(-c2ccc(OC(F)(F)F)cc2)nc1OCc1ccccc1. The predicted octanol–water partition coefficient (Wildman–Crippen LogP) is 4.16. The first kappa shape index (κ1) is 17.5. The summed E-state index contributed by atoms with van der Waals surface area (Å²) in [6, 6.07) is 14.5. The minimum Gasteiger partial charge on any atom is -0.471 e. The Hall–Kier alpha value is -3.29. The number of rotatable bonds is 6. The lowest BCUT2D eigenvalue weighted by molar-refractivity contribution is -0.274. The van der Waals surface area contributed by atoms with Gasteiger partial charge < -0.3 is 9.47 Å². The number of hydrogen-bond acceptors (Lipinski definition) is 4. The average molecular weight is 362 g/mol. The number of aromatic nitrogens is 2. The second-order valence-electron chi connectivity index (χ2n) is 5.27. The quantitative estimate of drug-likeness (QED) is 0.618. The van der Waals surface area contributed by atoms with Gasteiger partial charge in [-0.05, 0) is 29.8 Å². The van der Waals surface area contributed by atoms with E-state index in [4.69, 9.17) is 4.74 Å². The van der Waals surface area contributed by atoms with Gasteiger partial charge in [0.2, 0.25) is 5.88 Å². The molecule has 0 aliphatic rings. The third-order valence-corrected chi connectivity index (χ3v) is 3.39. The zero-order valence-electron chi connectivity index (χ0n) is 13.3. The molecule has 0 saturated carbocycles. The Kier molecular flexibility index (Phi) is 4.92. The highest BCUT2D eigenvalue weighted by Crippen LogP contribution is 2.24. The first-order valence-corrected chi connectivity index (χ1v) is 7.52. The summed E-state index contributed by atoms with van der Waals surface area (Å²) in [7, 11) is 0. The van der Waals surface area contributed by atoms with Crippen LogP contribution in [0.5, 0.6) is 11.6 Å². The molecular weight excluding hydrogens is 349 g/mol. The van der Waals surface area contributed by atoms with Crippen LogP contribution in [0.3, 0.4) is 0 Å². The van der Waals surface area contributed by atoms with Gasteiger partial charge in [0.05, 0.1) is 11.3 Å². The molecule has 0 aliphatic heterocycles. The number of carbonyl (C=O) groups excluding carboxylic acids is 1. The lowest BCUT2D eigenvalue weighted by Crippen LogP contribution is -2.17. The summed E-state index contributed by atoms with van der Waals surface area (Å²) in [6.45, 7) is 0.233. The van der Waals surface area contributed by atoms with Gasteiger partial charge in [-0.25, -0.2) is 4.68 Å². The molecule has 3 aromatic rings. The van der Waals surface area contributed by atoms with Crippen molar-refractivity contribution in [3.05, 3.63) is 71.9 Å². The van der Waals surface area contributed by atoms with E-state index in [-0.39, 0.29) is 23.8 Å². The van der Waals surface area contributed by atoms with Gasteiger partial charge in [0.1, 0.15) is 12.4 Å². The van der Waals surface area contributed by atoms with Gasteiger partial charge in [0.15, 0.2) is 6.29 Å². The molecule has 8 heteroatoms. The van der Waals surface area contributed by atoms with Crippen molar-refractivity contribution in [2.45, 2.75) is 13.0 Å². The van der Waals surface area contributed by atoms with E-state index in [2.05, 4.69) is 9.84 Å². The Bertz CT molecular complexity index is 875. The Balaban J connectivity index is 1.76. The number of ether oxygens (including phenoxy) is 2. The molecule has 0 radical (unpaired) electrons. The van der Waals surface area contributed by atoms with Crippen LogP contribution in [0.2, 0.25) is 0 Å². The van der Waals surface area contributed by atoms with Crippen LogP contribution in [0.25, 0.3) is 5.69 Å². The molecule has 0 atom stereocenters. The molecular formula is C18H13F3N2O3. The Morgan fingerprint density at radius 1 is 1.04 bits per heavy atom. The van der Waals surface area contributed by atoms with Gasteiger partial charge in [-0.15, -0.1) is 18.3 Å². The molecule has 134 valence electrons. The molecule has 0 N–H and O–H groups in total. The Morgan fingerprint density at radius 3 is 2.35 bits per heavy atom. The summed E-state index contributed by atoms with van der Waals surface area (Å²) >= 11 is 0. The van der Waals surface area contributed by atoms with Crippen molar-refractivity contribution in [1.82, 2.24) is 9.78 Å². The molecule has 5 nitrogen and oxygen atoms in total. The van der Waals surface area contributed by atoms with Crippen molar-refractivity contribution in [2.75, 3.05) is 0 Å². The number of aldehydes is 1. The third kappa shape index (κ3) is 4.41. The molecule has 0 spiro atoms. The van der Waals surface area contributed by atoms with Gasteiger partial charge in [-0.3, -0.25) is 4.79 Å². The summed E-state index contributed by atoms with van der Waals surface area (Å²) in [4.78, 5) is 11.2. The van der Waals surface area contributed by atoms with Crippen molar-refractivity contribution in [1.29, 1.82) is 0 Å². The minimum absolute atomic E-state index is 0.138. The minimum atomic E-state index is -4.75. The highest BCUT2D eigenvalue weighted by molar-refractivity contribution is 5.78. The highest BCUT2D eigenvalue weighted by atomic mass is 19.4. The summed E-state index contributed by atoms with van der Waals surface area (Å²) in [5, 5.41) is 4.17. The van der Waals surface area contributed by atoms with Crippen molar-refractivity contribution >= 4 is 6.29 Å². The number of nitrogens with zero attached hydrogens (tertiary/aromatic N) is 2. The zero-order valence-corrected chi connectivity index (χ0v) is 13.3. The molecule has 0 fully saturated rings. The van der Waals surface area contributed by atoms with Crippen molar-refractivity contribution in [2.24, 2.45) is 0 Å². The topological polar surface area (TPSA) is 53.4 Å². The zero-order chi connectivity index (χ0) is 18.6. The predicted molar refractivity (Wildman–Crippen MR) is 86.4 cm³/mol. The van der Waals surface area contributed by atoms with E-state index in [1.54, 1.807) is 0 Å². The fourth-order valence-corrected chi connectivity index (χ4v) is 2.22. The maximum absolute atomic E-state index is 12.2. The standard InChI is InChI=1S/C18H13F3N2O3/c19-18(20,21)26-16-8-6-15(7-9-16)23-10-14(11-24)17(22-23)25-12-13-4-2-1-3-5-13/h1-11H,12H2. The van der Waals surface area contributed by atoms with Gasteiger partial charge in [0.25, 0.3) is 0 Å². The van der Waals surface area contributed by atoms with E-state index >= 15 is 0 Å². The first-order valence-electron chi connectivity index (χ1n) is 7.52. The third-order valence-electron chi connectivity index (χ3n) is 3.39. The maximum Gasteiger partial charge on any atom is 0.573 e. The Morgan fingerprint density at radius 2 is 1.73 bits per heavy atom. The monoisotopic (exact) mass is 362 g/mol. The Labute approximate surface area is 146 Å². The molecule has 1 heterocycles. The average Bonchev–Trinajstić information content (AvgIpc) is 3.03. The van der Waals surface area contributed by atoms with Crippen molar-refractivity contribution in [3.63, 3.8) is 0 Å². The summed E-state index contributed by atoms with van der Waals surface area (Å²) in [6.07, 6.45) is -2.71. The molecule has 0 unspecified atom stereocenters. The number of carbonyl (C=O) groups is 1. The second-order valence-corrected chi connectivity index (χ2v) is 5.27. The second kappa shape index (κ2) is 7.30. The van der Waals surface area contributed by atoms with Crippen LogP contribution >= 0.6 is 0 Å². The summed E-state index contributed by atoms with van der Waals surface area (Å²) in [5.74, 6) is -0.205. The summed E-state index contributed by atoms with van der Waals surface area (Å²) in [5.41, 5.74) is 1.60. The lowest BCUT2D eigenvalue weighted by atomic mass is 10.2. The number of halogens is 3. The van der Waals surface area contributed by atoms with E-state index < -0.39 is 6.36 Å². The van der Waals surface area contributed by atoms with Gasteiger partial charge in [-0.2, -0.15) is 0 Å². The molecule has 2 aromatic carbocycles. The van der Waals surface area contributed by atoms with E-state index in [0.717, 1.165) is 17.7 Å². The lowest BCUT2D eigenvalue weighted by Gasteiger charge is -2.09. The molecule has 26 heavy (non-hydrogen) atoms. The first-order chi connectivity index (χ1) is 12.4. The van der Waals surface area contributed by atoms with Gasteiger partial charge in [0, 0.05) is 6.20 Å². The number of benzene rings is 2. The summed E-state index contributed by atoms with van der Waals surface area (Å²) < 4.78 is 47.3.